The summed E-state index contributed by atoms with van der Waals surface area (Å²) in [6, 6.07) is 0. The minimum absolute atomic E-state index is 0.106. The number of hydrogen-bond donors (Lipinski definition) is 3. The molecule has 0 aliphatic carbocycles. The number of phosphoric ester groups is 2. The van der Waals surface area contributed by atoms with E-state index in [4.69, 9.17) is 37.0 Å². The first-order valence-corrected chi connectivity index (χ1v) is 41.0. The summed E-state index contributed by atoms with van der Waals surface area (Å²) >= 11 is 0. The number of carbonyl (C=O) groups is 4. The van der Waals surface area contributed by atoms with Gasteiger partial charge >= 0.3 is 39.5 Å². The molecule has 0 heterocycles. The molecule has 0 bridgehead atoms. The number of phosphoric acid groups is 2. The monoisotopic (exact) mass is 1350 g/mol. The fourth-order valence-corrected chi connectivity index (χ4v) is 12.7. The summed E-state index contributed by atoms with van der Waals surface area (Å²) < 4.78 is 68.1. The van der Waals surface area contributed by atoms with E-state index in [1.165, 1.54) is 186 Å². The molecule has 0 rings (SSSR count). The highest BCUT2D eigenvalue weighted by Crippen LogP contribution is 2.45. The normalized spacial score (nSPS) is 14.4. The van der Waals surface area contributed by atoms with Gasteiger partial charge in [0.15, 0.2) is 12.2 Å². The molecule has 6 atom stereocenters. The molecule has 17 nitrogen and oxygen atoms in total. The fraction of sp³-hybridized carbons (Fsp3) is 0.945. The summed E-state index contributed by atoms with van der Waals surface area (Å²) in [5.74, 6) is -0.479. The van der Waals surface area contributed by atoms with E-state index < -0.39 is 97.5 Å². The highest BCUT2D eigenvalue weighted by molar-refractivity contribution is 7.47. The van der Waals surface area contributed by atoms with E-state index in [0.29, 0.717) is 25.7 Å². The quantitative estimate of drug-likeness (QED) is 0.0222. The first-order chi connectivity index (χ1) is 44.4. The van der Waals surface area contributed by atoms with Crippen LogP contribution in [0.3, 0.4) is 0 Å². The first kappa shape index (κ1) is 90.1. The molecule has 546 valence electrons. The maximum atomic E-state index is 13.1. The number of rotatable bonds is 72. The summed E-state index contributed by atoms with van der Waals surface area (Å²) in [6.07, 6.45) is 51.8. The van der Waals surface area contributed by atoms with Crippen molar-refractivity contribution in [1.82, 2.24) is 0 Å². The average molecular weight is 1350 g/mol. The summed E-state index contributed by atoms with van der Waals surface area (Å²) in [5, 5.41) is 10.6. The Labute approximate surface area is 562 Å². The highest BCUT2D eigenvalue weighted by atomic mass is 31.2. The average Bonchev–Trinajstić information content (AvgIpc) is 3.20. The number of aliphatic hydroxyl groups excluding tert-OH is 1. The van der Waals surface area contributed by atoms with Gasteiger partial charge in [-0.1, -0.05) is 324 Å². The molecular formula is C73H142O17P2. The minimum Gasteiger partial charge on any atom is -0.462 e. The van der Waals surface area contributed by atoms with Crippen molar-refractivity contribution in [1.29, 1.82) is 0 Å². The van der Waals surface area contributed by atoms with E-state index in [1.54, 1.807) is 0 Å². The summed E-state index contributed by atoms with van der Waals surface area (Å²) in [5.41, 5.74) is 0. The van der Waals surface area contributed by atoms with Crippen molar-refractivity contribution < 1.29 is 80.2 Å². The van der Waals surface area contributed by atoms with Crippen molar-refractivity contribution in [3.05, 3.63) is 0 Å². The van der Waals surface area contributed by atoms with Crippen LogP contribution in [0.4, 0.5) is 0 Å². The van der Waals surface area contributed by atoms with Crippen LogP contribution in [0, 0.1) is 11.8 Å². The smallest absolute Gasteiger partial charge is 0.462 e. The van der Waals surface area contributed by atoms with Crippen LogP contribution in [-0.2, 0) is 65.4 Å². The Hall–Kier alpha value is -1.94. The van der Waals surface area contributed by atoms with Gasteiger partial charge in [0.2, 0.25) is 0 Å². The second-order valence-corrected chi connectivity index (χ2v) is 30.0. The van der Waals surface area contributed by atoms with E-state index in [0.717, 1.165) is 108 Å². The molecule has 0 aliphatic heterocycles. The van der Waals surface area contributed by atoms with Gasteiger partial charge in [-0.2, -0.15) is 0 Å². The van der Waals surface area contributed by atoms with Crippen molar-refractivity contribution in [2.45, 2.75) is 394 Å². The molecule has 0 aromatic rings. The lowest BCUT2D eigenvalue weighted by atomic mass is 9.99. The molecule has 0 saturated heterocycles. The maximum absolute atomic E-state index is 13.1. The van der Waals surface area contributed by atoms with Crippen molar-refractivity contribution >= 4 is 39.5 Å². The third-order valence-corrected chi connectivity index (χ3v) is 19.2. The molecule has 0 aliphatic rings. The molecule has 0 aromatic heterocycles. The van der Waals surface area contributed by atoms with Crippen molar-refractivity contribution in [2.75, 3.05) is 39.6 Å². The summed E-state index contributed by atoms with van der Waals surface area (Å²) in [4.78, 5) is 72.3. The van der Waals surface area contributed by atoms with Crippen LogP contribution in [0.5, 0.6) is 0 Å². The largest absolute Gasteiger partial charge is 0.472 e. The van der Waals surface area contributed by atoms with Crippen LogP contribution in [0.2, 0.25) is 0 Å². The fourth-order valence-electron chi connectivity index (χ4n) is 11.1. The molecule has 0 aromatic carbocycles. The summed E-state index contributed by atoms with van der Waals surface area (Å²) in [6.45, 7) is 9.55. The van der Waals surface area contributed by atoms with E-state index in [9.17, 15) is 43.2 Å². The molecule has 0 radical (unpaired) electrons. The van der Waals surface area contributed by atoms with Crippen LogP contribution < -0.4 is 0 Å². The van der Waals surface area contributed by atoms with Gasteiger partial charge in [-0.15, -0.1) is 0 Å². The number of aliphatic hydroxyl groups is 1. The summed E-state index contributed by atoms with van der Waals surface area (Å²) in [7, 11) is -9.89. The second-order valence-electron chi connectivity index (χ2n) is 27.1. The molecule has 0 amide bonds. The highest BCUT2D eigenvalue weighted by Gasteiger charge is 2.30. The molecule has 19 heteroatoms. The van der Waals surface area contributed by atoms with E-state index in [1.807, 2.05) is 0 Å². The van der Waals surface area contributed by atoms with Crippen molar-refractivity contribution in [3.63, 3.8) is 0 Å². The van der Waals surface area contributed by atoms with Gasteiger partial charge in [0, 0.05) is 25.7 Å². The van der Waals surface area contributed by atoms with Gasteiger partial charge in [0.1, 0.15) is 19.3 Å². The predicted molar refractivity (Wildman–Crippen MR) is 372 cm³/mol. The number of unbranched alkanes of at least 4 members (excludes halogenated alkanes) is 41. The standard InChI is InChI=1S/C73H142O17P2/c1-7-10-12-14-15-16-33-39-45-51-57-72(77)89-68(61-83-70(75)55-49-41-13-11-8-2)63-87-91(79,80)85-59-67(74)60-86-92(81,82)88-64-69(62-84-71(76)56-50-44-38-34-29-26-25-27-31-36-42-47-53-65(4)5)90-73(78)58-52-46-40-35-30-24-22-20-18-17-19-21-23-28-32-37-43-48-54-66(6)9-3/h65-69,74H,7-64H2,1-6H3,(H,79,80)(H,81,82)/t66?,67-,68+,69+/m0/s1. The van der Waals surface area contributed by atoms with E-state index in [2.05, 4.69) is 41.5 Å². The second kappa shape index (κ2) is 65.0. The van der Waals surface area contributed by atoms with Crippen LogP contribution in [0.25, 0.3) is 0 Å². The Morgan fingerprint density at radius 2 is 0.554 bits per heavy atom. The van der Waals surface area contributed by atoms with Gasteiger partial charge in [-0.05, 0) is 37.5 Å². The van der Waals surface area contributed by atoms with Gasteiger partial charge in [0.05, 0.1) is 26.4 Å². The Balaban J connectivity index is 5.10. The number of hydrogen-bond acceptors (Lipinski definition) is 15. The first-order valence-electron chi connectivity index (χ1n) is 38.0. The van der Waals surface area contributed by atoms with Gasteiger partial charge in [-0.25, -0.2) is 9.13 Å². The molecule has 92 heavy (non-hydrogen) atoms. The predicted octanol–water partition coefficient (Wildman–Crippen LogP) is 21.2. The molecular weight excluding hydrogens is 1210 g/mol. The minimum atomic E-state index is -4.95. The SMILES string of the molecule is CCCCCCCCCCCCC(=O)O[C@H](COC(=O)CCCCCCC)COP(=O)(O)OC[C@H](O)COP(=O)(O)OC[C@@H](COC(=O)CCCCCCCCCCCCCCC(C)C)OC(=O)CCCCCCCCCCCCCCCCCCCCC(C)CC. The molecule has 0 spiro atoms. The van der Waals surface area contributed by atoms with Crippen LogP contribution >= 0.6 is 15.6 Å². The van der Waals surface area contributed by atoms with Gasteiger partial charge < -0.3 is 33.8 Å². The Morgan fingerprint density at radius 3 is 0.826 bits per heavy atom. The van der Waals surface area contributed by atoms with Crippen molar-refractivity contribution in [3.8, 4) is 0 Å². The van der Waals surface area contributed by atoms with Crippen LogP contribution in [0.1, 0.15) is 375 Å². The Kier molecular flexibility index (Phi) is 63.7. The Morgan fingerprint density at radius 1 is 0.315 bits per heavy atom. The third kappa shape index (κ3) is 65.4. The zero-order valence-corrected chi connectivity index (χ0v) is 61.6. The molecule has 3 unspecified atom stereocenters. The lowest BCUT2D eigenvalue weighted by Crippen LogP contribution is -2.30. The van der Waals surface area contributed by atoms with Crippen LogP contribution in [0.15, 0.2) is 0 Å². The number of carbonyl (C=O) groups excluding carboxylic acids is 4. The van der Waals surface area contributed by atoms with Crippen molar-refractivity contribution in [2.24, 2.45) is 11.8 Å². The topological polar surface area (TPSA) is 237 Å². The number of ether oxygens (including phenoxy) is 4. The van der Waals surface area contributed by atoms with Gasteiger partial charge in [0.25, 0.3) is 0 Å². The maximum Gasteiger partial charge on any atom is 0.472 e. The van der Waals surface area contributed by atoms with Crippen LogP contribution in [-0.4, -0.2) is 96.7 Å². The van der Waals surface area contributed by atoms with E-state index >= 15 is 0 Å². The lowest BCUT2D eigenvalue weighted by Gasteiger charge is -2.21. The molecule has 0 saturated carbocycles. The number of esters is 4. The third-order valence-electron chi connectivity index (χ3n) is 17.3. The Bertz CT molecular complexity index is 1790. The molecule has 0 fully saturated rings. The zero-order chi connectivity index (χ0) is 67.9. The molecule has 3 N–H and O–H groups in total. The van der Waals surface area contributed by atoms with Gasteiger partial charge in [-0.3, -0.25) is 37.3 Å². The van der Waals surface area contributed by atoms with E-state index in [-0.39, 0.29) is 25.7 Å². The lowest BCUT2D eigenvalue weighted by molar-refractivity contribution is -0.161. The zero-order valence-electron chi connectivity index (χ0n) is 59.9.